The molecule has 0 saturated heterocycles. The van der Waals surface area contributed by atoms with Gasteiger partial charge in [-0.15, -0.1) is 0 Å². The van der Waals surface area contributed by atoms with E-state index in [1.807, 2.05) is 25.2 Å². The second kappa shape index (κ2) is 5.39. The van der Waals surface area contributed by atoms with Crippen LogP contribution >= 0.6 is 0 Å². The molecule has 2 aromatic rings. The van der Waals surface area contributed by atoms with E-state index in [9.17, 15) is 0 Å². The van der Waals surface area contributed by atoms with Crippen LogP contribution in [0, 0.1) is 0 Å². The van der Waals surface area contributed by atoms with Gasteiger partial charge in [0, 0.05) is 36.8 Å². The van der Waals surface area contributed by atoms with Crippen molar-refractivity contribution in [2.24, 2.45) is 0 Å². The predicted molar refractivity (Wildman–Crippen MR) is 68.8 cm³/mol. The van der Waals surface area contributed by atoms with Gasteiger partial charge in [0.25, 0.3) is 0 Å². The van der Waals surface area contributed by atoms with E-state index in [0.29, 0.717) is 0 Å². The van der Waals surface area contributed by atoms with Crippen molar-refractivity contribution in [1.29, 1.82) is 0 Å². The van der Waals surface area contributed by atoms with E-state index in [1.165, 1.54) is 0 Å². The number of aromatic nitrogens is 3. The second-order valence-electron chi connectivity index (χ2n) is 3.80. The molecule has 0 aromatic carbocycles. The fraction of sp³-hybridized carbons (Fsp3) is 0.308. The number of rotatable bonds is 4. The van der Waals surface area contributed by atoms with Crippen molar-refractivity contribution < 1.29 is 0 Å². The van der Waals surface area contributed by atoms with E-state index in [1.54, 1.807) is 12.4 Å². The molecule has 4 heteroatoms. The first-order chi connectivity index (χ1) is 8.33. The van der Waals surface area contributed by atoms with Crippen LogP contribution in [0.4, 0.5) is 5.82 Å². The third kappa shape index (κ3) is 2.78. The minimum atomic E-state index is 0.753. The van der Waals surface area contributed by atoms with Gasteiger partial charge in [0.2, 0.25) is 0 Å². The standard InChI is InChI=1S/C13H16N4/c1-3-4-11-9-12(14-2)17-13(16-11)10-5-7-15-8-6-10/h5-9H,3-4H2,1-2H3,(H,14,16,17). The summed E-state index contributed by atoms with van der Waals surface area (Å²) in [5, 5.41) is 3.07. The van der Waals surface area contributed by atoms with Crippen LogP contribution in [0.3, 0.4) is 0 Å². The Bertz CT molecular complexity index is 482. The predicted octanol–water partition coefficient (Wildman–Crippen LogP) is 2.53. The first kappa shape index (κ1) is 11.5. The third-order valence-electron chi connectivity index (χ3n) is 2.48. The maximum Gasteiger partial charge on any atom is 0.161 e. The number of hydrogen-bond donors (Lipinski definition) is 1. The molecule has 4 nitrogen and oxygen atoms in total. The highest BCUT2D eigenvalue weighted by Crippen LogP contribution is 2.17. The van der Waals surface area contributed by atoms with E-state index in [4.69, 9.17) is 0 Å². The molecule has 17 heavy (non-hydrogen) atoms. The molecule has 0 atom stereocenters. The van der Waals surface area contributed by atoms with Gasteiger partial charge >= 0.3 is 0 Å². The summed E-state index contributed by atoms with van der Waals surface area (Å²) in [6, 6.07) is 5.84. The largest absolute Gasteiger partial charge is 0.373 e. The Hall–Kier alpha value is -1.97. The normalized spacial score (nSPS) is 10.2. The first-order valence-corrected chi connectivity index (χ1v) is 5.79. The van der Waals surface area contributed by atoms with Gasteiger partial charge in [-0.25, -0.2) is 9.97 Å². The van der Waals surface area contributed by atoms with E-state index in [2.05, 4.69) is 27.2 Å². The number of pyridine rings is 1. The molecular weight excluding hydrogens is 212 g/mol. The summed E-state index contributed by atoms with van der Waals surface area (Å²) in [5.74, 6) is 1.61. The van der Waals surface area contributed by atoms with Crippen LogP contribution in [0.1, 0.15) is 19.0 Å². The van der Waals surface area contributed by atoms with E-state index in [-0.39, 0.29) is 0 Å². The highest BCUT2D eigenvalue weighted by molar-refractivity contribution is 5.56. The van der Waals surface area contributed by atoms with Crippen molar-refractivity contribution in [3.05, 3.63) is 36.3 Å². The van der Waals surface area contributed by atoms with Gasteiger partial charge in [0.1, 0.15) is 5.82 Å². The zero-order valence-electron chi connectivity index (χ0n) is 10.1. The van der Waals surface area contributed by atoms with Gasteiger partial charge in [-0.1, -0.05) is 13.3 Å². The van der Waals surface area contributed by atoms with Gasteiger partial charge in [-0.3, -0.25) is 4.98 Å². The zero-order valence-corrected chi connectivity index (χ0v) is 10.1. The maximum absolute atomic E-state index is 4.56. The molecule has 0 radical (unpaired) electrons. The third-order valence-corrected chi connectivity index (χ3v) is 2.48. The molecule has 0 aliphatic rings. The van der Waals surface area contributed by atoms with Crippen LogP contribution in [-0.2, 0) is 6.42 Å². The number of nitrogens with zero attached hydrogens (tertiary/aromatic N) is 3. The molecule has 0 unspecified atom stereocenters. The molecule has 2 heterocycles. The monoisotopic (exact) mass is 228 g/mol. The van der Waals surface area contributed by atoms with Gasteiger partial charge in [-0.05, 0) is 18.6 Å². The number of hydrogen-bond acceptors (Lipinski definition) is 4. The summed E-state index contributed by atoms with van der Waals surface area (Å²) in [6.45, 7) is 2.15. The molecule has 2 aromatic heterocycles. The number of nitrogens with one attached hydrogen (secondary N) is 1. The Balaban J connectivity index is 2.43. The van der Waals surface area contributed by atoms with Crippen LogP contribution in [-0.4, -0.2) is 22.0 Å². The minimum absolute atomic E-state index is 0.753. The van der Waals surface area contributed by atoms with Crippen LogP contribution in [0.15, 0.2) is 30.6 Å². The molecule has 0 spiro atoms. The lowest BCUT2D eigenvalue weighted by Crippen LogP contribution is -2.00. The van der Waals surface area contributed by atoms with Crippen LogP contribution in [0.25, 0.3) is 11.4 Å². The van der Waals surface area contributed by atoms with Crippen molar-refractivity contribution in [2.75, 3.05) is 12.4 Å². The van der Waals surface area contributed by atoms with Gasteiger partial charge in [0.15, 0.2) is 5.82 Å². The number of anilines is 1. The molecule has 2 rings (SSSR count). The Kier molecular flexibility index (Phi) is 3.65. The minimum Gasteiger partial charge on any atom is -0.373 e. The van der Waals surface area contributed by atoms with E-state index in [0.717, 1.165) is 35.7 Å². The summed E-state index contributed by atoms with van der Waals surface area (Å²) in [4.78, 5) is 13.0. The van der Waals surface area contributed by atoms with Crippen molar-refractivity contribution in [3.63, 3.8) is 0 Å². The fourth-order valence-electron chi connectivity index (χ4n) is 1.64. The maximum atomic E-state index is 4.56. The summed E-state index contributed by atoms with van der Waals surface area (Å²) >= 11 is 0. The molecule has 1 N–H and O–H groups in total. The summed E-state index contributed by atoms with van der Waals surface area (Å²) in [7, 11) is 1.87. The SMILES string of the molecule is CCCc1cc(NC)nc(-c2ccncc2)n1. The smallest absolute Gasteiger partial charge is 0.161 e. The first-order valence-electron chi connectivity index (χ1n) is 5.79. The topological polar surface area (TPSA) is 50.7 Å². The molecule has 88 valence electrons. The Morgan fingerprint density at radius 2 is 1.94 bits per heavy atom. The lowest BCUT2D eigenvalue weighted by atomic mass is 10.2. The number of aryl methyl sites for hydroxylation is 1. The van der Waals surface area contributed by atoms with E-state index >= 15 is 0 Å². The van der Waals surface area contributed by atoms with E-state index < -0.39 is 0 Å². The average Bonchev–Trinajstić information content (AvgIpc) is 2.40. The second-order valence-corrected chi connectivity index (χ2v) is 3.80. The highest BCUT2D eigenvalue weighted by Gasteiger charge is 2.05. The van der Waals surface area contributed by atoms with Gasteiger partial charge in [-0.2, -0.15) is 0 Å². The van der Waals surface area contributed by atoms with Crippen molar-refractivity contribution in [1.82, 2.24) is 15.0 Å². The Labute approximate surface area is 101 Å². The summed E-state index contributed by atoms with van der Waals surface area (Å²) in [5.41, 5.74) is 2.06. The summed E-state index contributed by atoms with van der Waals surface area (Å²) in [6.07, 6.45) is 5.56. The Morgan fingerprint density at radius 1 is 1.18 bits per heavy atom. The molecule has 0 fully saturated rings. The quantitative estimate of drug-likeness (QED) is 0.873. The van der Waals surface area contributed by atoms with Crippen molar-refractivity contribution >= 4 is 5.82 Å². The van der Waals surface area contributed by atoms with Crippen LogP contribution < -0.4 is 5.32 Å². The molecular formula is C13H16N4. The zero-order chi connectivity index (χ0) is 12.1. The Morgan fingerprint density at radius 3 is 2.59 bits per heavy atom. The van der Waals surface area contributed by atoms with Crippen LogP contribution in [0.5, 0.6) is 0 Å². The van der Waals surface area contributed by atoms with Gasteiger partial charge in [0.05, 0.1) is 0 Å². The lowest BCUT2D eigenvalue weighted by Gasteiger charge is -2.07. The van der Waals surface area contributed by atoms with Crippen molar-refractivity contribution in [2.45, 2.75) is 19.8 Å². The lowest BCUT2D eigenvalue weighted by molar-refractivity contribution is 0.876. The van der Waals surface area contributed by atoms with Crippen molar-refractivity contribution in [3.8, 4) is 11.4 Å². The fourth-order valence-corrected chi connectivity index (χ4v) is 1.64. The molecule has 0 bridgehead atoms. The molecule has 0 saturated carbocycles. The molecule has 0 aliphatic carbocycles. The van der Waals surface area contributed by atoms with Crippen LogP contribution in [0.2, 0.25) is 0 Å². The summed E-state index contributed by atoms with van der Waals surface area (Å²) < 4.78 is 0. The van der Waals surface area contributed by atoms with Gasteiger partial charge < -0.3 is 5.32 Å². The molecule has 0 amide bonds. The average molecular weight is 228 g/mol. The highest BCUT2D eigenvalue weighted by atomic mass is 15.0. The molecule has 0 aliphatic heterocycles.